The lowest BCUT2D eigenvalue weighted by Crippen LogP contribution is -2.51. The molecule has 1 saturated heterocycles. The van der Waals surface area contributed by atoms with Gasteiger partial charge in [0.2, 0.25) is 10.0 Å². The summed E-state index contributed by atoms with van der Waals surface area (Å²) in [4.78, 5) is 15.7. The van der Waals surface area contributed by atoms with E-state index in [2.05, 4.69) is 5.10 Å². The highest BCUT2D eigenvalue weighted by molar-refractivity contribution is 7.89. The number of halogens is 1. The van der Waals surface area contributed by atoms with Crippen LogP contribution >= 0.6 is 11.6 Å². The van der Waals surface area contributed by atoms with E-state index < -0.39 is 15.3 Å². The molecular formula is C25H29ClN4O4S. The Morgan fingerprint density at radius 1 is 1.06 bits per heavy atom. The number of rotatable bonds is 7. The van der Waals surface area contributed by atoms with Crippen LogP contribution in [0.2, 0.25) is 5.02 Å². The summed E-state index contributed by atoms with van der Waals surface area (Å²) < 4.78 is 33.3. The number of methoxy groups -OCH3 is 1. The summed E-state index contributed by atoms with van der Waals surface area (Å²) in [6.07, 6.45) is 2.08. The van der Waals surface area contributed by atoms with E-state index >= 15 is 0 Å². The molecule has 2 heterocycles. The molecule has 0 atom stereocenters. The van der Waals surface area contributed by atoms with Crippen LogP contribution < -0.4 is 15.2 Å². The molecule has 0 spiro atoms. The topological polar surface area (TPSA) is 84.7 Å². The van der Waals surface area contributed by atoms with Crippen molar-refractivity contribution >= 4 is 27.3 Å². The first-order chi connectivity index (χ1) is 16.7. The zero-order valence-electron chi connectivity index (χ0n) is 20.0. The number of hydrogen-bond donors (Lipinski definition) is 0. The smallest absolute Gasteiger partial charge is 0.277 e. The Kier molecular flexibility index (Phi) is 7.49. The largest absolute Gasteiger partial charge is 0.497 e. The average molecular weight is 517 g/mol. The van der Waals surface area contributed by atoms with E-state index in [-0.39, 0.29) is 5.56 Å². The van der Waals surface area contributed by atoms with E-state index in [0.717, 1.165) is 11.3 Å². The molecule has 3 aromatic rings. The minimum atomic E-state index is -3.33. The third-order valence-electron chi connectivity index (χ3n) is 6.18. The van der Waals surface area contributed by atoms with Crippen molar-refractivity contribution in [2.24, 2.45) is 0 Å². The van der Waals surface area contributed by atoms with Gasteiger partial charge in [0.05, 0.1) is 29.9 Å². The van der Waals surface area contributed by atoms with Gasteiger partial charge in [-0.3, -0.25) is 4.79 Å². The molecule has 0 bridgehead atoms. The van der Waals surface area contributed by atoms with Crippen molar-refractivity contribution in [3.05, 3.63) is 81.2 Å². The molecule has 2 aromatic carbocycles. The molecule has 0 amide bonds. The van der Waals surface area contributed by atoms with Gasteiger partial charge in [-0.15, -0.1) is 0 Å². The fourth-order valence-electron chi connectivity index (χ4n) is 4.14. The number of ether oxygens (including phenoxy) is 1. The molecule has 1 aliphatic heterocycles. The molecule has 1 aromatic heterocycles. The molecule has 8 nitrogen and oxygen atoms in total. The fourth-order valence-corrected chi connectivity index (χ4v) is 5.59. The Morgan fingerprint density at radius 2 is 1.74 bits per heavy atom. The van der Waals surface area contributed by atoms with Gasteiger partial charge in [0.1, 0.15) is 5.75 Å². The molecule has 4 rings (SSSR count). The zero-order valence-corrected chi connectivity index (χ0v) is 21.6. The second-order valence-corrected chi connectivity index (χ2v) is 11.6. The van der Waals surface area contributed by atoms with E-state index in [0.29, 0.717) is 54.6 Å². The fraction of sp³-hybridized carbons (Fsp3) is 0.360. The van der Waals surface area contributed by atoms with Crippen LogP contribution in [0.4, 0.5) is 5.69 Å². The van der Waals surface area contributed by atoms with Crippen molar-refractivity contribution in [1.82, 2.24) is 14.1 Å². The standard InChI is InChI=1S/C25H29ClN4O4S/c1-18(2)35(32,33)29-13-11-28(12-14-29)24-17-27-30(21-6-4-5-20(26)16-21)25(31)23(24)15-19-7-9-22(34-3)10-8-19/h4-10,16-18H,11-15H2,1-3H3. The number of anilines is 1. The molecule has 0 aliphatic carbocycles. The van der Waals surface area contributed by atoms with Gasteiger partial charge in [0.25, 0.3) is 5.56 Å². The first-order valence-electron chi connectivity index (χ1n) is 11.4. The van der Waals surface area contributed by atoms with Crippen LogP contribution in [0.1, 0.15) is 25.0 Å². The summed E-state index contributed by atoms with van der Waals surface area (Å²) in [6, 6.07) is 14.6. The van der Waals surface area contributed by atoms with Crippen LogP contribution in [0, 0.1) is 0 Å². The van der Waals surface area contributed by atoms with Gasteiger partial charge in [-0.1, -0.05) is 29.8 Å². The Bertz CT molecular complexity index is 1350. The summed E-state index contributed by atoms with van der Waals surface area (Å²) in [5.74, 6) is 0.738. The summed E-state index contributed by atoms with van der Waals surface area (Å²) in [6.45, 7) is 5.05. The van der Waals surface area contributed by atoms with E-state index in [9.17, 15) is 13.2 Å². The second-order valence-electron chi connectivity index (χ2n) is 8.71. The van der Waals surface area contributed by atoms with Crippen LogP contribution in [0.3, 0.4) is 0 Å². The third kappa shape index (κ3) is 5.37. The molecule has 0 unspecified atom stereocenters. The van der Waals surface area contributed by atoms with Gasteiger partial charge in [-0.05, 0) is 49.7 Å². The number of nitrogens with zero attached hydrogens (tertiary/aromatic N) is 4. The molecule has 35 heavy (non-hydrogen) atoms. The lowest BCUT2D eigenvalue weighted by molar-refractivity contribution is 0.380. The van der Waals surface area contributed by atoms with E-state index in [1.165, 1.54) is 8.99 Å². The second kappa shape index (κ2) is 10.4. The lowest BCUT2D eigenvalue weighted by atomic mass is 10.0. The Morgan fingerprint density at radius 3 is 2.34 bits per heavy atom. The number of sulfonamides is 1. The normalized spacial score (nSPS) is 14.9. The van der Waals surface area contributed by atoms with Crippen LogP contribution in [0.15, 0.2) is 59.5 Å². The minimum Gasteiger partial charge on any atom is -0.497 e. The molecule has 1 fully saturated rings. The maximum absolute atomic E-state index is 13.7. The van der Waals surface area contributed by atoms with Gasteiger partial charge in [-0.2, -0.15) is 14.1 Å². The lowest BCUT2D eigenvalue weighted by Gasteiger charge is -2.36. The molecule has 1 aliphatic rings. The number of aromatic nitrogens is 2. The zero-order chi connectivity index (χ0) is 25.2. The SMILES string of the molecule is COc1ccc(Cc2c(N3CCN(S(=O)(=O)C(C)C)CC3)cnn(-c3cccc(Cl)c3)c2=O)cc1. The summed E-state index contributed by atoms with van der Waals surface area (Å²) in [5, 5.41) is 4.49. The highest BCUT2D eigenvalue weighted by atomic mass is 35.5. The summed E-state index contributed by atoms with van der Waals surface area (Å²) in [7, 11) is -1.72. The molecule has 0 N–H and O–H groups in total. The molecule has 186 valence electrons. The minimum absolute atomic E-state index is 0.238. The molecular weight excluding hydrogens is 488 g/mol. The van der Waals surface area contributed by atoms with Crippen LogP contribution in [-0.4, -0.2) is 61.0 Å². The number of hydrogen-bond acceptors (Lipinski definition) is 6. The van der Waals surface area contributed by atoms with Crippen molar-refractivity contribution in [2.75, 3.05) is 38.2 Å². The molecule has 0 radical (unpaired) electrons. The van der Waals surface area contributed by atoms with Crippen LogP contribution in [0.5, 0.6) is 5.75 Å². The maximum Gasteiger partial charge on any atom is 0.277 e. The van der Waals surface area contributed by atoms with Gasteiger partial charge in [0.15, 0.2) is 0 Å². The van der Waals surface area contributed by atoms with Crippen molar-refractivity contribution < 1.29 is 13.2 Å². The number of benzene rings is 2. The van der Waals surface area contributed by atoms with Crippen LogP contribution in [0.25, 0.3) is 5.69 Å². The Labute approximate surface area is 210 Å². The summed E-state index contributed by atoms with van der Waals surface area (Å²) in [5.41, 5.74) is 2.60. The van der Waals surface area contributed by atoms with Gasteiger partial charge >= 0.3 is 0 Å². The predicted octanol–water partition coefficient (Wildman–Crippen LogP) is 3.35. The first-order valence-corrected chi connectivity index (χ1v) is 13.3. The van der Waals surface area contributed by atoms with Gasteiger partial charge in [0, 0.05) is 43.2 Å². The Hall–Kier alpha value is -2.88. The van der Waals surface area contributed by atoms with E-state index in [1.54, 1.807) is 51.4 Å². The van der Waals surface area contributed by atoms with Crippen molar-refractivity contribution in [1.29, 1.82) is 0 Å². The molecule has 0 saturated carbocycles. The molecule has 10 heteroatoms. The van der Waals surface area contributed by atoms with Gasteiger partial charge in [-0.25, -0.2) is 8.42 Å². The predicted molar refractivity (Wildman–Crippen MR) is 138 cm³/mol. The van der Waals surface area contributed by atoms with Crippen LogP contribution in [-0.2, 0) is 16.4 Å². The van der Waals surface area contributed by atoms with Crippen molar-refractivity contribution in [3.63, 3.8) is 0 Å². The average Bonchev–Trinajstić information content (AvgIpc) is 2.85. The van der Waals surface area contributed by atoms with Crippen molar-refractivity contribution in [3.8, 4) is 11.4 Å². The summed E-state index contributed by atoms with van der Waals surface area (Å²) >= 11 is 6.15. The highest BCUT2D eigenvalue weighted by Crippen LogP contribution is 2.24. The van der Waals surface area contributed by atoms with Crippen molar-refractivity contribution in [2.45, 2.75) is 25.5 Å². The third-order valence-corrected chi connectivity index (χ3v) is 8.69. The monoisotopic (exact) mass is 516 g/mol. The van der Waals surface area contributed by atoms with E-state index in [4.69, 9.17) is 16.3 Å². The maximum atomic E-state index is 13.7. The Balaban J connectivity index is 1.71. The number of piperazine rings is 1. The van der Waals surface area contributed by atoms with E-state index in [1.807, 2.05) is 29.2 Å². The quantitative estimate of drug-likeness (QED) is 0.479. The van der Waals surface area contributed by atoms with Gasteiger partial charge < -0.3 is 9.64 Å². The first kappa shape index (κ1) is 25.2. The highest BCUT2D eigenvalue weighted by Gasteiger charge is 2.30.